The van der Waals surface area contributed by atoms with Gasteiger partial charge in [0.15, 0.2) is 0 Å². The summed E-state index contributed by atoms with van der Waals surface area (Å²) in [5.74, 6) is 0.248. The van der Waals surface area contributed by atoms with Crippen molar-refractivity contribution in [1.29, 1.82) is 0 Å². The molecule has 3 heterocycles. The van der Waals surface area contributed by atoms with E-state index in [1.54, 1.807) is 27.7 Å². The number of benzene rings is 2. The molecule has 2 aliphatic heterocycles. The number of carbonyl (C=O) groups is 1. The third-order valence-corrected chi connectivity index (χ3v) is 7.83. The van der Waals surface area contributed by atoms with E-state index in [0.29, 0.717) is 51.5 Å². The maximum atomic E-state index is 13.9. The van der Waals surface area contributed by atoms with Crippen LogP contribution >= 0.6 is 23.2 Å². The van der Waals surface area contributed by atoms with E-state index < -0.39 is 0 Å². The van der Waals surface area contributed by atoms with Gasteiger partial charge in [0.05, 0.1) is 34.1 Å². The first-order chi connectivity index (χ1) is 18.1. The summed E-state index contributed by atoms with van der Waals surface area (Å²) in [6, 6.07) is 12.4. The number of halogens is 2. The number of β-amino-alcohol motifs (C(OH)–C–C–N with tert-alkyl or cyclic N) is 1. The first kappa shape index (κ1) is 26.5. The molecule has 2 atom stereocenters. The fourth-order valence-electron chi connectivity index (χ4n) is 5.11. The Hall–Kier alpha value is -3.07. The molecule has 2 N–H and O–H groups in total. The smallest absolute Gasteiger partial charge is 0.263 e. The molecule has 10 heteroatoms. The van der Waals surface area contributed by atoms with Crippen LogP contribution in [0.5, 0.6) is 0 Å². The minimum atomic E-state index is -0.311. The van der Waals surface area contributed by atoms with Gasteiger partial charge < -0.3 is 20.2 Å². The largest absolute Gasteiger partial charge is 0.391 e. The van der Waals surface area contributed by atoms with Crippen molar-refractivity contribution in [2.45, 2.75) is 58.3 Å². The number of amides is 1. The number of nitrogens with zero attached hydrogens (tertiary/aromatic N) is 4. The second kappa shape index (κ2) is 10.6. The van der Waals surface area contributed by atoms with Crippen molar-refractivity contribution in [2.75, 3.05) is 23.3 Å². The zero-order chi connectivity index (χ0) is 27.1. The molecule has 0 aliphatic carbocycles. The van der Waals surface area contributed by atoms with Crippen LogP contribution in [0.25, 0.3) is 5.69 Å². The Bertz CT molecular complexity index is 1420. The van der Waals surface area contributed by atoms with E-state index in [-0.39, 0.29) is 36.2 Å². The zero-order valence-corrected chi connectivity index (χ0v) is 23.1. The lowest BCUT2D eigenvalue weighted by molar-refractivity contribution is 0.0653. The molecule has 3 aromatic rings. The SMILES string of the molecule is CC(C)Nc1nc2c(c(=O)n1-c1ccc(N3CC[C@H](O)C3)cc1)C[C@@H](C)N(C(=O)c1ccc(Cl)c(Cl)c1)C2. The van der Waals surface area contributed by atoms with E-state index in [0.717, 1.165) is 18.7 Å². The molecule has 0 saturated carbocycles. The Balaban J connectivity index is 1.50. The molecular weight excluding hydrogens is 525 g/mol. The number of nitrogens with one attached hydrogen (secondary N) is 1. The topological polar surface area (TPSA) is 90.7 Å². The van der Waals surface area contributed by atoms with Crippen LogP contribution in [-0.2, 0) is 13.0 Å². The van der Waals surface area contributed by atoms with Crippen LogP contribution in [0.2, 0.25) is 10.0 Å². The number of aromatic nitrogens is 2. The molecule has 0 bridgehead atoms. The van der Waals surface area contributed by atoms with Gasteiger partial charge in [-0.1, -0.05) is 23.2 Å². The van der Waals surface area contributed by atoms with Crippen LogP contribution in [0.4, 0.5) is 11.6 Å². The predicted octanol–water partition coefficient (Wildman–Crippen LogP) is 4.52. The van der Waals surface area contributed by atoms with Gasteiger partial charge in [0, 0.05) is 42.0 Å². The minimum Gasteiger partial charge on any atom is -0.391 e. The summed E-state index contributed by atoms with van der Waals surface area (Å²) in [4.78, 5) is 36.0. The molecule has 8 nitrogen and oxygen atoms in total. The van der Waals surface area contributed by atoms with Gasteiger partial charge in [0.1, 0.15) is 0 Å². The molecule has 1 fully saturated rings. The summed E-state index contributed by atoms with van der Waals surface area (Å²) < 4.78 is 1.62. The number of carbonyl (C=O) groups excluding carboxylic acids is 1. The second-order valence-electron chi connectivity index (χ2n) is 10.3. The summed E-state index contributed by atoms with van der Waals surface area (Å²) in [6.07, 6.45) is 0.829. The Morgan fingerprint density at radius 3 is 2.45 bits per heavy atom. The maximum absolute atomic E-state index is 13.9. The van der Waals surface area contributed by atoms with Gasteiger partial charge in [-0.25, -0.2) is 9.55 Å². The minimum absolute atomic E-state index is 0.0352. The van der Waals surface area contributed by atoms with Crippen molar-refractivity contribution in [1.82, 2.24) is 14.5 Å². The third-order valence-electron chi connectivity index (χ3n) is 7.10. The number of anilines is 2. The molecule has 2 aliphatic rings. The first-order valence-corrected chi connectivity index (χ1v) is 13.6. The lowest BCUT2D eigenvalue weighted by Gasteiger charge is -2.35. The van der Waals surface area contributed by atoms with Crippen molar-refractivity contribution in [3.05, 3.63) is 79.7 Å². The molecule has 0 spiro atoms. The lowest BCUT2D eigenvalue weighted by atomic mass is 9.98. The van der Waals surface area contributed by atoms with E-state index in [2.05, 4.69) is 10.2 Å². The Labute approximate surface area is 231 Å². The third kappa shape index (κ3) is 5.13. The van der Waals surface area contributed by atoms with Gasteiger partial charge in [-0.15, -0.1) is 0 Å². The lowest BCUT2D eigenvalue weighted by Crippen LogP contribution is -2.46. The van der Waals surface area contributed by atoms with Crippen molar-refractivity contribution in [2.24, 2.45) is 0 Å². The van der Waals surface area contributed by atoms with E-state index in [1.165, 1.54) is 0 Å². The monoisotopic (exact) mass is 555 g/mol. The summed E-state index contributed by atoms with van der Waals surface area (Å²) in [7, 11) is 0. The fraction of sp³-hybridized carbons (Fsp3) is 0.393. The zero-order valence-electron chi connectivity index (χ0n) is 21.6. The van der Waals surface area contributed by atoms with E-state index in [9.17, 15) is 14.7 Å². The second-order valence-corrected chi connectivity index (χ2v) is 11.1. The molecule has 1 amide bonds. The van der Waals surface area contributed by atoms with Crippen LogP contribution in [0, 0.1) is 0 Å². The van der Waals surface area contributed by atoms with Crippen LogP contribution in [-0.4, -0.2) is 56.7 Å². The highest BCUT2D eigenvalue weighted by molar-refractivity contribution is 6.42. The normalized spacial score (nSPS) is 19.1. The predicted molar refractivity (Wildman–Crippen MR) is 151 cm³/mol. The molecule has 0 unspecified atom stereocenters. The van der Waals surface area contributed by atoms with Gasteiger partial charge in [-0.2, -0.15) is 0 Å². The van der Waals surface area contributed by atoms with Crippen LogP contribution in [0.3, 0.4) is 0 Å². The van der Waals surface area contributed by atoms with Gasteiger partial charge in [0.25, 0.3) is 11.5 Å². The highest BCUT2D eigenvalue weighted by atomic mass is 35.5. The Kier molecular flexibility index (Phi) is 7.40. The van der Waals surface area contributed by atoms with Crippen LogP contribution in [0.15, 0.2) is 47.3 Å². The van der Waals surface area contributed by atoms with E-state index >= 15 is 0 Å². The highest BCUT2D eigenvalue weighted by Crippen LogP contribution is 2.28. The van der Waals surface area contributed by atoms with E-state index in [4.69, 9.17) is 28.2 Å². The van der Waals surface area contributed by atoms with Gasteiger partial charge in [-0.05, 0) is 76.1 Å². The van der Waals surface area contributed by atoms with E-state index in [1.807, 2.05) is 45.0 Å². The summed E-state index contributed by atoms with van der Waals surface area (Å²) in [5, 5.41) is 13.9. The van der Waals surface area contributed by atoms with Crippen LogP contribution < -0.4 is 15.8 Å². The van der Waals surface area contributed by atoms with Crippen molar-refractivity contribution in [3.63, 3.8) is 0 Å². The van der Waals surface area contributed by atoms with Gasteiger partial charge in [-0.3, -0.25) is 9.59 Å². The van der Waals surface area contributed by atoms with Gasteiger partial charge in [0.2, 0.25) is 5.95 Å². The standard InChI is InChI=1S/C28H31Cl2N5O3/c1-16(2)31-28-32-25-15-34(26(37)18-4-9-23(29)24(30)13-18)17(3)12-22(25)27(38)35(28)20-7-5-19(6-8-20)33-11-10-21(36)14-33/h4-9,13,16-17,21,36H,10-12,14-15H2,1-3H3,(H,31,32)/t17-,21+/m1/s1. The Morgan fingerprint density at radius 1 is 1.11 bits per heavy atom. The van der Waals surface area contributed by atoms with Crippen molar-refractivity contribution in [3.8, 4) is 5.69 Å². The number of hydrogen-bond acceptors (Lipinski definition) is 6. The molecule has 1 aromatic heterocycles. The highest BCUT2D eigenvalue weighted by Gasteiger charge is 2.32. The molecule has 5 rings (SSSR count). The average molecular weight is 556 g/mol. The Morgan fingerprint density at radius 2 is 1.82 bits per heavy atom. The number of hydrogen-bond donors (Lipinski definition) is 2. The van der Waals surface area contributed by atoms with Crippen LogP contribution in [0.1, 0.15) is 48.8 Å². The maximum Gasteiger partial charge on any atom is 0.263 e. The van der Waals surface area contributed by atoms with Gasteiger partial charge >= 0.3 is 0 Å². The fourth-order valence-corrected chi connectivity index (χ4v) is 5.41. The first-order valence-electron chi connectivity index (χ1n) is 12.8. The number of aliphatic hydroxyl groups excluding tert-OH is 1. The molecule has 38 heavy (non-hydrogen) atoms. The van der Waals surface area contributed by atoms with Crippen molar-refractivity contribution < 1.29 is 9.90 Å². The summed E-state index contributed by atoms with van der Waals surface area (Å²) in [6.45, 7) is 7.53. The number of rotatable bonds is 5. The number of aliphatic hydroxyl groups is 1. The molecule has 1 saturated heterocycles. The summed E-state index contributed by atoms with van der Waals surface area (Å²) in [5.41, 5.74) is 3.21. The van der Waals surface area contributed by atoms with Crippen molar-refractivity contribution >= 4 is 40.7 Å². The average Bonchev–Trinajstić information content (AvgIpc) is 3.32. The molecule has 200 valence electrons. The number of fused-ring (bicyclic) bond motifs is 1. The summed E-state index contributed by atoms with van der Waals surface area (Å²) >= 11 is 12.2. The molecular formula is C28H31Cl2N5O3. The quantitative estimate of drug-likeness (QED) is 0.481. The molecule has 0 radical (unpaired) electrons. The molecule has 2 aromatic carbocycles.